The van der Waals surface area contributed by atoms with Crippen LogP contribution in [0.25, 0.3) is 22.0 Å². The first kappa shape index (κ1) is 12.2. The number of aromatic nitrogens is 4. The summed E-state index contributed by atoms with van der Waals surface area (Å²) in [7, 11) is 0. The number of fused-ring (bicyclic) bond motifs is 1. The van der Waals surface area contributed by atoms with Gasteiger partial charge in [-0.05, 0) is 26.0 Å². The number of nitrogen functional groups attached to an aromatic ring is 1. The molecule has 0 saturated heterocycles. The second-order valence-electron chi connectivity index (χ2n) is 4.79. The minimum absolute atomic E-state index is 0.336. The van der Waals surface area contributed by atoms with E-state index >= 15 is 0 Å². The number of H-pyrrole nitrogens is 1. The maximum atomic E-state index is 5.86. The number of benzene rings is 1. The van der Waals surface area contributed by atoms with E-state index in [2.05, 4.69) is 45.1 Å². The van der Waals surface area contributed by atoms with Crippen molar-refractivity contribution in [3.63, 3.8) is 0 Å². The molecule has 0 spiro atoms. The fraction of sp³-hybridized carbons (Fsp3) is 0.231. The zero-order valence-electron chi connectivity index (χ0n) is 10.7. The fourth-order valence-electron chi connectivity index (χ4n) is 2.09. The highest BCUT2D eigenvalue weighted by Gasteiger charge is 2.12. The molecule has 0 atom stereocenters. The Morgan fingerprint density at radius 1 is 1.37 bits per heavy atom. The molecular weight excluding hydrogens is 306 g/mol. The summed E-state index contributed by atoms with van der Waals surface area (Å²) in [5, 5.41) is 12.3. The molecule has 0 bridgehead atoms. The van der Waals surface area contributed by atoms with Gasteiger partial charge in [-0.25, -0.2) is 0 Å². The third kappa shape index (κ3) is 2.02. The Morgan fingerprint density at radius 3 is 2.84 bits per heavy atom. The van der Waals surface area contributed by atoms with Crippen molar-refractivity contribution in [1.82, 2.24) is 20.0 Å². The van der Waals surface area contributed by atoms with Gasteiger partial charge >= 0.3 is 0 Å². The first-order chi connectivity index (χ1) is 9.06. The Hall–Kier alpha value is -1.82. The number of hydrogen-bond donors (Lipinski definition) is 2. The first-order valence-electron chi connectivity index (χ1n) is 6.04. The lowest BCUT2D eigenvalue weighted by Crippen LogP contribution is -1.99. The van der Waals surface area contributed by atoms with Gasteiger partial charge in [0.05, 0.1) is 11.7 Å². The highest BCUT2D eigenvalue weighted by atomic mass is 79.9. The SMILES string of the molecule is CC(C)n1cc(-c2cc(Br)cc3c(N)n[nH]c23)cn1. The van der Waals surface area contributed by atoms with Crippen LogP contribution >= 0.6 is 15.9 Å². The second-order valence-corrected chi connectivity index (χ2v) is 5.70. The summed E-state index contributed by atoms with van der Waals surface area (Å²) in [4.78, 5) is 0. The third-order valence-corrected chi connectivity index (χ3v) is 3.57. The number of rotatable bonds is 2. The molecule has 0 aliphatic heterocycles. The van der Waals surface area contributed by atoms with Crippen LogP contribution in [0.4, 0.5) is 5.82 Å². The highest BCUT2D eigenvalue weighted by molar-refractivity contribution is 9.10. The zero-order valence-corrected chi connectivity index (χ0v) is 12.3. The second kappa shape index (κ2) is 4.38. The molecule has 0 fully saturated rings. The third-order valence-electron chi connectivity index (χ3n) is 3.11. The molecule has 1 aromatic carbocycles. The normalized spacial score (nSPS) is 11.6. The molecule has 3 N–H and O–H groups in total. The van der Waals surface area contributed by atoms with Gasteiger partial charge in [0.2, 0.25) is 0 Å². The Kier molecular flexibility index (Phi) is 2.82. The molecule has 6 heteroatoms. The molecule has 0 aliphatic rings. The maximum Gasteiger partial charge on any atom is 0.153 e. The van der Waals surface area contributed by atoms with E-state index in [1.807, 2.05) is 29.2 Å². The van der Waals surface area contributed by atoms with Crippen LogP contribution in [0.15, 0.2) is 29.0 Å². The molecule has 2 heterocycles. The summed E-state index contributed by atoms with van der Waals surface area (Å²) >= 11 is 3.51. The van der Waals surface area contributed by atoms with Crippen molar-refractivity contribution in [2.45, 2.75) is 19.9 Å². The summed E-state index contributed by atoms with van der Waals surface area (Å²) in [5.41, 5.74) is 8.88. The first-order valence-corrected chi connectivity index (χ1v) is 6.83. The Labute approximate surface area is 118 Å². The molecule has 0 amide bonds. The Morgan fingerprint density at radius 2 is 2.16 bits per heavy atom. The Bertz CT molecular complexity index is 741. The van der Waals surface area contributed by atoms with Crippen LogP contribution in [0.5, 0.6) is 0 Å². The van der Waals surface area contributed by atoms with E-state index in [4.69, 9.17) is 5.73 Å². The minimum atomic E-state index is 0.336. The van der Waals surface area contributed by atoms with Crippen molar-refractivity contribution in [2.24, 2.45) is 0 Å². The summed E-state index contributed by atoms with van der Waals surface area (Å²) in [5.74, 6) is 0.508. The quantitative estimate of drug-likeness (QED) is 0.760. The van der Waals surface area contributed by atoms with Crippen molar-refractivity contribution in [3.8, 4) is 11.1 Å². The van der Waals surface area contributed by atoms with Gasteiger partial charge in [0, 0.05) is 33.2 Å². The molecule has 5 nitrogen and oxygen atoms in total. The molecule has 0 radical (unpaired) electrons. The van der Waals surface area contributed by atoms with E-state index in [-0.39, 0.29) is 0 Å². The van der Waals surface area contributed by atoms with Crippen LogP contribution < -0.4 is 5.73 Å². The smallest absolute Gasteiger partial charge is 0.153 e. The van der Waals surface area contributed by atoms with E-state index in [1.165, 1.54) is 0 Å². The van der Waals surface area contributed by atoms with Gasteiger partial charge in [-0.15, -0.1) is 0 Å². The lowest BCUT2D eigenvalue weighted by atomic mass is 10.1. The topological polar surface area (TPSA) is 72.5 Å². The number of anilines is 1. The van der Waals surface area contributed by atoms with Crippen molar-refractivity contribution in [2.75, 3.05) is 5.73 Å². The molecule has 19 heavy (non-hydrogen) atoms. The van der Waals surface area contributed by atoms with E-state index in [0.717, 1.165) is 26.5 Å². The monoisotopic (exact) mass is 319 g/mol. The number of hydrogen-bond acceptors (Lipinski definition) is 3. The predicted molar refractivity (Wildman–Crippen MR) is 79.8 cm³/mol. The minimum Gasteiger partial charge on any atom is -0.382 e. The maximum absolute atomic E-state index is 5.86. The molecular formula is C13H14BrN5. The van der Waals surface area contributed by atoms with Gasteiger partial charge < -0.3 is 5.73 Å². The average molecular weight is 320 g/mol. The van der Waals surface area contributed by atoms with Crippen molar-refractivity contribution >= 4 is 32.7 Å². The van der Waals surface area contributed by atoms with E-state index in [0.29, 0.717) is 11.9 Å². The lowest BCUT2D eigenvalue weighted by molar-refractivity contribution is 0.532. The van der Waals surface area contributed by atoms with Crippen LogP contribution in [-0.4, -0.2) is 20.0 Å². The van der Waals surface area contributed by atoms with Crippen LogP contribution in [-0.2, 0) is 0 Å². The summed E-state index contributed by atoms with van der Waals surface area (Å²) in [6.45, 7) is 4.20. The van der Waals surface area contributed by atoms with Gasteiger partial charge in [0.1, 0.15) is 0 Å². The molecule has 0 saturated carbocycles. The van der Waals surface area contributed by atoms with Gasteiger partial charge in [-0.1, -0.05) is 15.9 Å². The molecule has 98 valence electrons. The van der Waals surface area contributed by atoms with Gasteiger partial charge in [0.15, 0.2) is 5.82 Å². The predicted octanol–water partition coefficient (Wildman–Crippen LogP) is 3.35. The van der Waals surface area contributed by atoms with Crippen LogP contribution in [0.3, 0.4) is 0 Å². The number of nitrogens with zero attached hydrogens (tertiary/aromatic N) is 3. The lowest BCUT2D eigenvalue weighted by Gasteiger charge is -2.04. The van der Waals surface area contributed by atoms with Crippen molar-refractivity contribution in [3.05, 3.63) is 29.0 Å². The zero-order chi connectivity index (χ0) is 13.6. The molecule has 3 rings (SSSR count). The van der Waals surface area contributed by atoms with Gasteiger partial charge in [-0.3, -0.25) is 9.78 Å². The van der Waals surface area contributed by atoms with Crippen LogP contribution in [0.2, 0.25) is 0 Å². The van der Waals surface area contributed by atoms with E-state index in [1.54, 1.807) is 0 Å². The average Bonchev–Trinajstić information content (AvgIpc) is 2.97. The summed E-state index contributed by atoms with van der Waals surface area (Å²) < 4.78 is 2.90. The number of nitrogens with one attached hydrogen (secondary N) is 1. The number of nitrogens with two attached hydrogens (primary N) is 1. The molecule has 3 aromatic rings. The molecule has 0 unspecified atom stereocenters. The summed E-state index contributed by atoms with van der Waals surface area (Å²) in [6, 6.07) is 4.34. The number of halogens is 1. The standard InChI is InChI=1S/C13H14BrN5/c1-7(2)19-6-8(5-16-19)10-3-9(14)4-11-12(10)17-18-13(11)15/h3-7H,1-2H3,(H3,15,17,18). The van der Waals surface area contributed by atoms with E-state index < -0.39 is 0 Å². The Balaban J connectivity index is 2.23. The van der Waals surface area contributed by atoms with Crippen molar-refractivity contribution in [1.29, 1.82) is 0 Å². The number of aromatic amines is 1. The van der Waals surface area contributed by atoms with Crippen molar-refractivity contribution < 1.29 is 0 Å². The van der Waals surface area contributed by atoms with Gasteiger partial charge in [-0.2, -0.15) is 10.2 Å². The van der Waals surface area contributed by atoms with Gasteiger partial charge in [0.25, 0.3) is 0 Å². The molecule has 2 aromatic heterocycles. The molecule has 0 aliphatic carbocycles. The fourth-order valence-corrected chi connectivity index (χ4v) is 2.55. The summed E-state index contributed by atoms with van der Waals surface area (Å²) in [6.07, 6.45) is 3.89. The van der Waals surface area contributed by atoms with Crippen LogP contribution in [0, 0.1) is 0 Å². The largest absolute Gasteiger partial charge is 0.382 e. The van der Waals surface area contributed by atoms with Crippen LogP contribution in [0.1, 0.15) is 19.9 Å². The highest BCUT2D eigenvalue weighted by Crippen LogP contribution is 2.33. The van der Waals surface area contributed by atoms with E-state index in [9.17, 15) is 0 Å².